The molecule has 0 radical (unpaired) electrons. The van der Waals surface area contributed by atoms with Gasteiger partial charge in [-0.1, -0.05) is 34.1 Å². The number of hydrogen-bond donors (Lipinski definition) is 2. The van der Waals surface area contributed by atoms with Gasteiger partial charge in [0.15, 0.2) is 0 Å². The second kappa shape index (κ2) is 5.17. The molecule has 1 aromatic rings. The molecule has 1 atom stereocenters. The molecule has 0 amide bonds. The molecule has 2 nitrogen and oxygen atoms in total. The van der Waals surface area contributed by atoms with Crippen LogP contribution in [0.5, 0.6) is 0 Å². The van der Waals surface area contributed by atoms with E-state index >= 15 is 0 Å². The Balaban J connectivity index is 2.84. The summed E-state index contributed by atoms with van der Waals surface area (Å²) in [7, 11) is 0. The van der Waals surface area contributed by atoms with E-state index in [2.05, 4.69) is 27.9 Å². The summed E-state index contributed by atoms with van der Waals surface area (Å²) >= 11 is 3.42. The molecular weight excluding hydrogens is 228 g/mol. The Bertz CT molecular complexity index is 286. The summed E-state index contributed by atoms with van der Waals surface area (Å²) < 4.78 is 1.06. The van der Waals surface area contributed by atoms with Gasteiger partial charge in [0.2, 0.25) is 0 Å². The molecule has 0 spiro atoms. The topological polar surface area (TPSA) is 38.0 Å². The van der Waals surface area contributed by atoms with Crippen LogP contribution in [-0.4, -0.2) is 0 Å². The van der Waals surface area contributed by atoms with E-state index in [1.807, 2.05) is 30.3 Å². The van der Waals surface area contributed by atoms with Gasteiger partial charge in [-0.2, -0.15) is 0 Å². The van der Waals surface area contributed by atoms with E-state index in [0.29, 0.717) is 0 Å². The molecule has 1 rings (SSSR count). The van der Waals surface area contributed by atoms with E-state index in [4.69, 9.17) is 5.84 Å². The van der Waals surface area contributed by atoms with Crippen molar-refractivity contribution in [2.45, 2.75) is 12.5 Å². The average Bonchev–Trinajstić information content (AvgIpc) is 2.14. The fourth-order valence-electron chi connectivity index (χ4n) is 1.19. The number of halogens is 1. The zero-order chi connectivity index (χ0) is 9.68. The first-order chi connectivity index (χ1) is 6.27. The molecule has 0 saturated heterocycles. The van der Waals surface area contributed by atoms with Crippen LogP contribution >= 0.6 is 15.9 Å². The lowest BCUT2D eigenvalue weighted by Crippen LogP contribution is -2.27. The van der Waals surface area contributed by atoms with Crippen molar-refractivity contribution >= 4 is 15.9 Å². The third-order valence-corrected chi connectivity index (χ3v) is 2.35. The molecule has 1 aromatic carbocycles. The molecule has 0 heterocycles. The van der Waals surface area contributed by atoms with Crippen molar-refractivity contribution in [3.63, 3.8) is 0 Å². The van der Waals surface area contributed by atoms with Crippen molar-refractivity contribution in [2.75, 3.05) is 0 Å². The Morgan fingerprint density at radius 2 is 2.38 bits per heavy atom. The number of rotatable bonds is 4. The Morgan fingerprint density at radius 1 is 1.62 bits per heavy atom. The monoisotopic (exact) mass is 240 g/mol. The number of nitrogens with one attached hydrogen (secondary N) is 1. The highest BCUT2D eigenvalue weighted by molar-refractivity contribution is 9.10. The van der Waals surface area contributed by atoms with E-state index in [1.165, 1.54) is 0 Å². The third-order valence-electron chi connectivity index (χ3n) is 1.85. The molecule has 0 aliphatic rings. The number of hydrogen-bond acceptors (Lipinski definition) is 2. The quantitative estimate of drug-likeness (QED) is 0.483. The van der Waals surface area contributed by atoms with E-state index in [9.17, 15) is 0 Å². The Kier molecular flexibility index (Phi) is 4.15. The molecule has 3 N–H and O–H groups in total. The normalized spacial score (nSPS) is 12.5. The zero-order valence-corrected chi connectivity index (χ0v) is 8.92. The van der Waals surface area contributed by atoms with Gasteiger partial charge in [-0.05, 0) is 24.1 Å². The van der Waals surface area contributed by atoms with Gasteiger partial charge in [-0.25, -0.2) is 0 Å². The van der Waals surface area contributed by atoms with E-state index < -0.39 is 0 Å². The molecule has 70 valence electrons. The lowest BCUT2D eigenvalue weighted by atomic mass is 10.1. The second-order valence-electron chi connectivity index (χ2n) is 2.80. The first-order valence-electron chi connectivity index (χ1n) is 4.10. The SMILES string of the molecule is C=CCC(NN)c1cccc(Br)c1. The van der Waals surface area contributed by atoms with Gasteiger partial charge in [0.1, 0.15) is 0 Å². The van der Waals surface area contributed by atoms with Crippen LogP contribution in [0.25, 0.3) is 0 Å². The summed E-state index contributed by atoms with van der Waals surface area (Å²) in [5, 5.41) is 0. The minimum absolute atomic E-state index is 0.148. The maximum Gasteiger partial charge on any atom is 0.0494 e. The Labute approximate surface area is 86.9 Å². The van der Waals surface area contributed by atoms with Gasteiger partial charge in [-0.15, -0.1) is 6.58 Å². The first-order valence-corrected chi connectivity index (χ1v) is 4.89. The fourth-order valence-corrected chi connectivity index (χ4v) is 1.61. The predicted molar refractivity (Wildman–Crippen MR) is 59.0 cm³/mol. The minimum atomic E-state index is 0.148. The van der Waals surface area contributed by atoms with Gasteiger partial charge >= 0.3 is 0 Å². The van der Waals surface area contributed by atoms with Crippen molar-refractivity contribution in [3.8, 4) is 0 Å². The average molecular weight is 241 g/mol. The largest absolute Gasteiger partial charge is 0.271 e. The standard InChI is InChI=1S/C10H13BrN2/c1-2-4-10(13-12)8-5-3-6-9(11)7-8/h2-3,5-7,10,13H,1,4,12H2. The maximum absolute atomic E-state index is 5.43. The lowest BCUT2D eigenvalue weighted by Gasteiger charge is -2.14. The number of hydrazine groups is 1. The molecule has 13 heavy (non-hydrogen) atoms. The van der Waals surface area contributed by atoms with E-state index in [1.54, 1.807) is 0 Å². The highest BCUT2D eigenvalue weighted by Crippen LogP contribution is 2.20. The predicted octanol–water partition coefficient (Wildman–Crippen LogP) is 2.53. The van der Waals surface area contributed by atoms with Crippen LogP contribution < -0.4 is 11.3 Å². The zero-order valence-electron chi connectivity index (χ0n) is 7.33. The number of benzene rings is 1. The Hall–Kier alpha value is -0.640. The lowest BCUT2D eigenvalue weighted by molar-refractivity contribution is 0.561. The first kappa shape index (κ1) is 10.4. The minimum Gasteiger partial charge on any atom is -0.271 e. The summed E-state index contributed by atoms with van der Waals surface area (Å²) in [6.07, 6.45) is 2.68. The molecule has 0 aliphatic heterocycles. The molecule has 0 bridgehead atoms. The smallest absolute Gasteiger partial charge is 0.0494 e. The highest BCUT2D eigenvalue weighted by atomic mass is 79.9. The van der Waals surface area contributed by atoms with E-state index in [-0.39, 0.29) is 6.04 Å². The van der Waals surface area contributed by atoms with Crippen molar-refractivity contribution in [1.82, 2.24) is 5.43 Å². The number of nitrogens with two attached hydrogens (primary N) is 1. The van der Waals surface area contributed by atoms with Crippen LogP contribution in [0, 0.1) is 0 Å². The van der Waals surface area contributed by atoms with Crippen LogP contribution in [0.15, 0.2) is 41.4 Å². The van der Waals surface area contributed by atoms with E-state index in [0.717, 1.165) is 16.5 Å². The van der Waals surface area contributed by atoms with Crippen LogP contribution in [0.2, 0.25) is 0 Å². The van der Waals surface area contributed by atoms with Gasteiger partial charge in [0, 0.05) is 10.5 Å². The van der Waals surface area contributed by atoms with Gasteiger partial charge in [-0.3, -0.25) is 11.3 Å². The van der Waals surface area contributed by atoms with Crippen molar-refractivity contribution in [1.29, 1.82) is 0 Å². The van der Waals surface area contributed by atoms with Gasteiger partial charge in [0.05, 0.1) is 0 Å². The van der Waals surface area contributed by atoms with Crippen molar-refractivity contribution in [3.05, 3.63) is 47.0 Å². The van der Waals surface area contributed by atoms with Crippen LogP contribution in [-0.2, 0) is 0 Å². The second-order valence-corrected chi connectivity index (χ2v) is 3.71. The maximum atomic E-state index is 5.43. The molecule has 0 aliphatic carbocycles. The summed E-state index contributed by atoms with van der Waals surface area (Å²) in [6, 6.07) is 8.22. The van der Waals surface area contributed by atoms with Gasteiger partial charge in [0.25, 0.3) is 0 Å². The summed E-state index contributed by atoms with van der Waals surface area (Å²) in [5.41, 5.74) is 3.92. The molecule has 0 aromatic heterocycles. The van der Waals surface area contributed by atoms with Crippen LogP contribution in [0.1, 0.15) is 18.0 Å². The summed E-state index contributed by atoms with van der Waals surface area (Å²) in [6.45, 7) is 3.69. The summed E-state index contributed by atoms with van der Waals surface area (Å²) in [4.78, 5) is 0. The van der Waals surface area contributed by atoms with Crippen LogP contribution in [0.4, 0.5) is 0 Å². The molecule has 3 heteroatoms. The Morgan fingerprint density at radius 3 is 2.92 bits per heavy atom. The van der Waals surface area contributed by atoms with Crippen molar-refractivity contribution < 1.29 is 0 Å². The van der Waals surface area contributed by atoms with Crippen LogP contribution in [0.3, 0.4) is 0 Å². The summed E-state index contributed by atoms with van der Waals surface area (Å²) in [5.74, 6) is 5.43. The molecule has 1 unspecified atom stereocenters. The fraction of sp³-hybridized carbons (Fsp3) is 0.200. The van der Waals surface area contributed by atoms with Crippen molar-refractivity contribution in [2.24, 2.45) is 5.84 Å². The molecule has 0 fully saturated rings. The van der Waals surface area contributed by atoms with Gasteiger partial charge < -0.3 is 0 Å². The highest BCUT2D eigenvalue weighted by Gasteiger charge is 2.06. The molecule has 0 saturated carbocycles. The third kappa shape index (κ3) is 2.95. The molecular formula is C10H13BrN2.